The fraction of sp³-hybridized carbons (Fsp3) is 0.571. The second-order valence-corrected chi connectivity index (χ2v) is 9.54. The number of rotatable bonds is 6. The third-order valence-electron chi connectivity index (χ3n) is 6.52. The average Bonchev–Trinajstić information content (AvgIpc) is 3.58. The second kappa shape index (κ2) is 8.28. The molecule has 0 spiro atoms. The van der Waals surface area contributed by atoms with E-state index in [2.05, 4.69) is 16.8 Å². The first-order valence-corrected chi connectivity index (χ1v) is 11.5. The van der Waals surface area contributed by atoms with Crippen LogP contribution in [0.5, 0.6) is 0 Å². The number of aliphatic hydroxyl groups excluding tert-OH is 1. The summed E-state index contributed by atoms with van der Waals surface area (Å²) in [6, 6.07) is 1.81. The Morgan fingerprint density at radius 3 is 2.66 bits per heavy atom. The van der Waals surface area contributed by atoms with Gasteiger partial charge in [0.25, 0.3) is 0 Å². The molecule has 1 saturated heterocycles. The van der Waals surface area contributed by atoms with E-state index in [0.717, 1.165) is 40.4 Å². The second-order valence-electron chi connectivity index (χ2n) is 8.13. The van der Waals surface area contributed by atoms with E-state index in [1.807, 2.05) is 13.0 Å². The number of halogens is 1. The molecule has 0 bridgehead atoms. The van der Waals surface area contributed by atoms with Crippen molar-refractivity contribution in [1.82, 2.24) is 15.0 Å². The Labute approximate surface area is 181 Å². The molecule has 0 unspecified atom stereocenters. The molecule has 2 fully saturated rings. The summed E-state index contributed by atoms with van der Waals surface area (Å²) in [5.41, 5.74) is 7.76. The molecule has 156 valence electrons. The molecule has 2 aromatic rings. The molecule has 8 heteroatoms. The van der Waals surface area contributed by atoms with E-state index < -0.39 is 0 Å². The van der Waals surface area contributed by atoms with Crippen molar-refractivity contribution >= 4 is 35.0 Å². The number of aromatic nitrogens is 3. The van der Waals surface area contributed by atoms with Gasteiger partial charge >= 0.3 is 0 Å². The Bertz CT molecular complexity index is 897. The van der Waals surface area contributed by atoms with Gasteiger partial charge in [-0.15, -0.1) is 0 Å². The van der Waals surface area contributed by atoms with Crippen LogP contribution in [0.2, 0.25) is 5.02 Å². The third kappa shape index (κ3) is 4.05. The number of nitrogens with zero attached hydrogens (tertiary/aromatic N) is 4. The molecule has 0 amide bonds. The van der Waals surface area contributed by atoms with E-state index in [9.17, 15) is 5.11 Å². The van der Waals surface area contributed by atoms with Gasteiger partial charge in [-0.2, -0.15) is 0 Å². The Hall–Kier alpha value is -1.57. The first-order valence-electron chi connectivity index (χ1n) is 10.3. The van der Waals surface area contributed by atoms with Crippen LogP contribution >= 0.6 is 23.4 Å². The van der Waals surface area contributed by atoms with Crippen molar-refractivity contribution in [2.75, 3.05) is 23.7 Å². The first-order chi connectivity index (χ1) is 14.0. The van der Waals surface area contributed by atoms with E-state index in [0.29, 0.717) is 21.9 Å². The number of hydrogen-bond acceptors (Lipinski definition) is 7. The van der Waals surface area contributed by atoms with Crippen LogP contribution in [0.3, 0.4) is 0 Å². The zero-order chi connectivity index (χ0) is 20.6. The van der Waals surface area contributed by atoms with Crippen molar-refractivity contribution in [2.45, 2.75) is 62.5 Å². The number of aryl methyl sites for hydroxylation is 1. The van der Waals surface area contributed by atoms with Crippen LogP contribution in [-0.2, 0) is 6.61 Å². The molecule has 0 aromatic carbocycles. The molecule has 2 aromatic heterocycles. The topological polar surface area (TPSA) is 88.2 Å². The van der Waals surface area contributed by atoms with Crippen LogP contribution in [-0.4, -0.2) is 33.1 Å². The van der Waals surface area contributed by atoms with Gasteiger partial charge in [-0.25, -0.2) is 15.0 Å². The lowest BCUT2D eigenvalue weighted by molar-refractivity contribution is 0.170. The summed E-state index contributed by atoms with van der Waals surface area (Å²) in [5.74, 6) is 2.02. The molecule has 0 atom stereocenters. The van der Waals surface area contributed by atoms with Gasteiger partial charge in [-0.05, 0) is 50.0 Å². The number of nitrogens with two attached hydrogens (primary N) is 1. The molecule has 4 rings (SSSR count). The van der Waals surface area contributed by atoms with Gasteiger partial charge < -0.3 is 15.7 Å². The van der Waals surface area contributed by atoms with Crippen molar-refractivity contribution < 1.29 is 5.11 Å². The van der Waals surface area contributed by atoms with Gasteiger partial charge in [0.2, 0.25) is 0 Å². The van der Waals surface area contributed by atoms with Gasteiger partial charge in [-0.3, -0.25) is 0 Å². The number of pyridine rings is 1. The summed E-state index contributed by atoms with van der Waals surface area (Å²) in [6.45, 7) is 6.10. The lowest BCUT2D eigenvalue weighted by Gasteiger charge is -2.42. The molecule has 29 heavy (non-hydrogen) atoms. The lowest BCUT2D eigenvalue weighted by atomic mass is 9.72. The molecule has 3 N–H and O–H groups in total. The monoisotopic (exact) mass is 433 g/mol. The molecule has 2 aliphatic rings. The number of hydrogen-bond donors (Lipinski definition) is 2. The summed E-state index contributed by atoms with van der Waals surface area (Å²) in [4.78, 5) is 16.6. The number of aliphatic hydroxyl groups is 1. The highest BCUT2D eigenvalue weighted by Gasteiger charge is 2.45. The number of nitrogen functional groups attached to an aromatic ring is 1. The van der Waals surface area contributed by atoms with E-state index in [1.165, 1.54) is 43.9 Å². The normalized spacial score (nSPS) is 18.8. The minimum absolute atomic E-state index is 0.138. The van der Waals surface area contributed by atoms with Crippen LogP contribution in [0.1, 0.15) is 50.4 Å². The van der Waals surface area contributed by atoms with Crippen LogP contribution < -0.4 is 10.6 Å². The fourth-order valence-electron chi connectivity index (χ4n) is 4.51. The van der Waals surface area contributed by atoms with Crippen molar-refractivity contribution in [2.24, 2.45) is 11.3 Å². The summed E-state index contributed by atoms with van der Waals surface area (Å²) < 4.78 is 0. The SMILES string of the molecule is CCC1(C2CC2)CCN(c2nc(C)c(Sc3ccnc(N)c3Cl)nc2CO)CC1. The molecule has 1 aliphatic heterocycles. The van der Waals surface area contributed by atoms with E-state index in [4.69, 9.17) is 27.3 Å². The predicted octanol–water partition coefficient (Wildman–Crippen LogP) is 4.47. The van der Waals surface area contributed by atoms with Crippen molar-refractivity contribution in [1.29, 1.82) is 0 Å². The molecule has 0 radical (unpaired) electrons. The third-order valence-corrected chi connectivity index (χ3v) is 8.17. The quantitative estimate of drug-likeness (QED) is 0.694. The number of piperidine rings is 1. The van der Waals surface area contributed by atoms with Gasteiger partial charge in [0.1, 0.15) is 16.5 Å². The Kier molecular flexibility index (Phi) is 5.91. The highest BCUT2D eigenvalue weighted by molar-refractivity contribution is 7.99. The van der Waals surface area contributed by atoms with Gasteiger partial charge in [0.15, 0.2) is 5.82 Å². The van der Waals surface area contributed by atoms with Crippen molar-refractivity contribution in [3.05, 3.63) is 28.7 Å². The van der Waals surface area contributed by atoms with Crippen LogP contribution in [0.25, 0.3) is 0 Å². The Morgan fingerprint density at radius 1 is 1.31 bits per heavy atom. The standard InChI is InChI=1S/C21H28ClN5OS/c1-3-21(14-4-5-14)7-10-27(11-8-21)19-15(12-28)26-20(13(2)25-19)29-16-6-9-24-18(23)17(16)22/h6,9,14,28H,3-5,7-8,10-12H2,1-2H3,(H2,23,24). The summed E-state index contributed by atoms with van der Waals surface area (Å²) in [5, 5.41) is 11.1. The summed E-state index contributed by atoms with van der Waals surface area (Å²) >= 11 is 7.68. The molecule has 1 aliphatic carbocycles. The Balaban J connectivity index is 1.56. The first kappa shape index (κ1) is 20.7. The van der Waals surface area contributed by atoms with Gasteiger partial charge in [0, 0.05) is 24.2 Å². The van der Waals surface area contributed by atoms with E-state index in [1.54, 1.807) is 6.20 Å². The smallest absolute Gasteiger partial charge is 0.153 e. The molecular weight excluding hydrogens is 406 g/mol. The zero-order valence-electron chi connectivity index (χ0n) is 17.0. The maximum absolute atomic E-state index is 9.98. The molecule has 3 heterocycles. The minimum atomic E-state index is -0.138. The molecule has 1 saturated carbocycles. The van der Waals surface area contributed by atoms with Gasteiger partial charge in [0.05, 0.1) is 17.3 Å². The van der Waals surface area contributed by atoms with Gasteiger partial charge in [-0.1, -0.05) is 36.7 Å². The summed E-state index contributed by atoms with van der Waals surface area (Å²) in [7, 11) is 0. The van der Waals surface area contributed by atoms with Crippen molar-refractivity contribution in [3.63, 3.8) is 0 Å². The van der Waals surface area contributed by atoms with Crippen LogP contribution in [0.15, 0.2) is 22.2 Å². The molecular formula is C21H28ClN5OS. The fourth-order valence-corrected chi connectivity index (χ4v) is 5.62. The summed E-state index contributed by atoms with van der Waals surface area (Å²) in [6.07, 6.45) is 8.06. The van der Waals surface area contributed by atoms with Crippen LogP contribution in [0, 0.1) is 18.3 Å². The van der Waals surface area contributed by atoms with E-state index in [-0.39, 0.29) is 6.61 Å². The largest absolute Gasteiger partial charge is 0.390 e. The zero-order valence-corrected chi connectivity index (χ0v) is 18.6. The highest BCUT2D eigenvalue weighted by Crippen LogP contribution is 2.53. The Morgan fingerprint density at radius 2 is 2.03 bits per heavy atom. The number of anilines is 2. The highest BCUT2D eigenvalue weighted by atomic mass is 35.5. The van der Waals surface area contributed by atoms with Crippen LogP contribution in [0.4, 0.5) is 11.6 Å². The minimum Gasteiger partial charge on any atom is -0.390 e. The maximum Gasteiger partial charge on any atom is 0.153 e. The van der Waals surface area contributed by atoms with Crippen molar-refractivity contribution in [3.8, 4) is 0 Å². The van der Waals surface area contributed by atoms with E-state index >= 15 is 0 Å². The predicted molar refractivity (Wildman–Crippen MR) is 117 cm³/mol. The molecule has 6 nitrogen and oxygen atoms in total. The average molecular weight is 434 g/mol. The lowest BCUT2D eigenvalue weighted by Crippen LogP contribution is -2.42. The maximum atomic E-state index is 9.98.